The van der Waals surface area contributed by atoms with E-state index in [0.29, 0.717) is 18.0 Å². The summed E-state index contributed by atoms with van der Waals surface area (Å²) in [7, 11) is 1.64. The molecule has 1 saturated heterocycles. The number of aryl methyl sites for hydroxylation is 2. The first kappa shape index (κ1) is 18.3. The van der Waals surface area contributed by atoms with E-state index in [1.165, 1.54) is 4.90 Å². The Morgan fingerprint density at radius 1 is 1.29 bits per heavy atom. The summed E-state index contributed by atoms with van der Waals surface area (Å²) in [6.07, 6.45) is -4.41. The molecule has 0 spiro atoms. The lowest BCUT2D eigenvalue weighted by Gasteiger charge is -2.33. The van der Waals surface area contributed by atoms with Crippen molar-refractivity contribution in [2.45, 2.75) is 39.4 Å². The average Bonchev–Trinajstić information content (AvgIpc) is 2.84. The van der Waals surface area contributed by atoms with Gasteiger partial charge in [-0.1, -0.05) is 5.16 Å². The van der Waals surface area contributed by atoms with Gasteiger partial charge in [0.1, 0.15) is 5.76 Å². The van der Waals surface area contributed by atoms with Gasteiger partial charge >= 0.3 is 12.1 Å². The van der Waals surface area contributed by atoms with Crippen LogP contribution in [0, 0.1) is 19.8 Å². The first-order chi connectivity index (χ1) is 11.1. The van der Waals surface area contributed by atoms with E-state index in [1.54, 1.807) is 20.9 Å². The minimum atomic E-state index is -4.86. The van der Waals surface area contributed by atoms with E-state index in [4.69, 9.17) is 4.52 Å². The quantitative estimate of drug-likeness (QED) is 0.839. The fraction of sp³-hybridized carbons (Fsp3) is 0.667. The highest BCUT2D eigenvalue weighted by Gasteiger charge is 2.43. The highest BCUT2D eigenvalue weighted by molar-refractivity contribution is 5.83. The molecule has 9 heteroatoms. The fourth-order valence-corrected chi connectivity index (χ4v) is 2.86. The first-order valence-corrected chi connectivity index (χ1v) is 7.64. The van der Waals surface area contributed by atoms with Gasteiger partial charge in [0, 0.05) is 31.6 Å². The Hall–Kier alpha value is -2.06. The van der Waals surface area contributed by atoms with Crippen LogP contribution in [0.15, 0.2) is 4.52 Å². The van der Waals surface area contributed by atoms with Crippen molar-refractivity contribution in [3.63, 3.8) is 0 Å². The normalized spacial score (nSPS) is 16.3. The third kappa shape index (κ3) is 3.88. The molecule has 2 rings (SSSR count). The van der Waals surface area contributed by atoms with Crippen LogP contribution in [0.2, 0.25) is 0 Å². The number of nitrogens with zero attached hydrogens (tertiary/aromatic N) is 3. The predicted octanol–water partition coefficient (Wildman–Crippen LogP) is 2.05. The molecule has 134 valence electrons. The van der Waals surface area contributed by atoms with Gasteiger partial charge in [-0.05, 0) is 26.7 Å². The monoisotopic (exact) mass is 347 g/mol. The molecule has 1 aromatic rings. The summed E-state index contributed by atoms with van der Waals surface area (Å²) in [5.74, 6) is -1.72. The Morgan fingerprint density at radius 2 is 1.88 bits per heavy atom. The van der Waals surface area contributed by atoms with Crippen molar-refractivity contribution in [1.29, 1.82) is 0 Å². The van der Waals surface area contributed by atoms with E-state index in [2.05, 4.69) is 5.16 Å². The lowest BCUT2D eigenvalue weighted by atomic mass is 9.95. The number of hydrogen-bond acceptors (Lipinski definition) is 4. The highest BCUT2D eigenvalue weighted by Crippen LogP contribution is 2.25. The number of amides is 2. The van der Waals surface area contributed by atoms with Gasteiger partial charge in [0.15, 0.2) is 0 Å². The van der Waals surface area contributed by atoms with Crippen molar-refractivity contribution in [3.8, 4) is 0 Å². The summed E-state index contributed by atoms with van der Waals surface area (Å²) in [5, 5.41) is 3.83. The Morgan fingerprint density at radius 3 is 2.33 bits per heavy atom. The molecule has 2 heterocycles. The minimum absolute atomic E-state index is 0.0616. The molecule has 0 aromatic carbocycles. The van der Waals surface area contributed by atoms with E-state index in [0.717, 1.165) is 10.5 Å². The topological polar surface area (TPSA) is 66.7 Å². The average molecular weight is 347 g/mol. The van der Waals surface area contributed by atoms with Gasteiger partial charge in [0.05, 0.1) is 12.2 Å². The lowest BCUT2D eigenvalue weighted by Crippen LogP contribution is -2.47. The van der Waals surface area contributed by atoms with Crippen LogP contribution in [0.5, 0.6) is 0 Å². The molecule has 2 amide bonds. The molecule has 0 atom stereocenters. The van der Waals surface area contributed by atoms with E-state index < -0.39 is 12.1 Å². The molecule has 1 aliphatic heterocycles. The van der Waals surface area contributed by atoms with Crippen molar-refractivity contribution in [2.24, 2.45) is 5.92 Å². The van der Waals surface area contributed by atoms with Crippen molar-refractivity contribution >= 4 is 11.8 Å². The van der Waals surface area contributed by atoms with Gasteiger partial charge in [-0.3, -0.25) is 9.59 Å². The summed E-state index contributed by atoms with van der Waals surface area (Å²) in [6.45, 7) is 3.75. The Kier molecular flexibility index (Phi) is 5.19. The van der Waals surface area contributed by atoms with Crippen LogP contribution >= 0.6 is 0 Å². The van der Waals surface area contributed by atoms with Gasteiger partial charge in [-0.15, -0.1) is 0 Å². The molecular weight excluding hydrogens is 327 g/mol. The van der Waals surface area contributed by atoms with Crippen molar-refractivity contribution in [3.05, 3.63) is 17.0 Å². The molecule has 1 fully saturated rings. The van der Waals surface area contributed by atoms with E-state index in [1.807, 2.05) is 0 Å². The highest BCUT2D eigenvalue weighted by atomic mass is 19.4. The number of rotatable bonds is 3. The number of alkyl halides is 3. The maximum atomic E-state index is 12.5. The van der Waals surface area contributed by atoms with Crippen LogP contribution < -0.4 is 0 Å². The second-order valence-corrected chi connectivity index (χ2v) is 6.06. The molecular formula is C15H20F3N3O3. The fourth-order valence-electron chi connectivity index (χ4n) is 2.86. The second kappa shape index (κ2) is 6.82. The molecule has 0 radical (unpaired) electrons. The zero-order chi connectivity index (χ0) is 18.1. The Bertz CT molecular complexity index is 600. The zero-order valence-corrected chi connectivity index (χ0v) is 13.8. The second-order valence-electron chi connectivity index (χ2n) is 6.06. The van der Waals surface area contributed by atoms with Gasteiger partial charge in [-0.2, -0.15) is 13.2 Å². The van der Waals surface area contributed by atoms with Crippen LogP contribution in [-0.2, 0) is 16.1 Å². The third-order valence-electron chi connectivity index (χ3n) is 4.33. The summed E-state index contributed by atoms with van der Waals surface area (Å²) in [5.41, 5.74) is 1.54. The van der Waals surface area contributed by atoms with Gasteiger partial charge in [0.25, 0.3) is 0 Å². The SMILES string of the molecule is Cc1noc(C)c1CN(C)C(=O)C1CCN(C(=O)C(F)(F)F)CC1. The van der Waals surface area contributed by atoms with E-state index in [-0.39, 0.29) is 37.8 Å². The third-order valence-corrected chi connectivity index (χ3v) is 4.33. The van der Waals surface area contributed by atoms with Crippen molar-refractivity contribution in [1.82, 2.24) is 15.0 Å². The molecule has 1 aromatic heterocycles. The van der Waals surface area contributed by atoms with Gasteiger partial charge in [-0.25, -0.2) is 0 Å². The smallest absolute Gasteiger partial charge is 0.361 e. The van der Waals surface area contributed by atoms with E-state index in [9.17, 15) is 22.8 Å². The van der Waals surface area contributed by atoms with Gasteiger partial charge < -0.3 is 14.3 Å². The minimum Gasteiger partial charge on any atom is -0.361 e. The molecule has 0 unspecified atom stereocenters. The van der Waals surface area contributed by atoms with Gasteiger partial charge in [0.2, 0.25) is 5.91 Å². The number of hydrogen-bond donors (Lipinski definition) is 0. The van der Waals surface area contributed by atoms with Crippen LogP contribution in [0.3, 0.4) is 0 Å². The van der Waals surface area contributed by atoms with Crippen LogP contribution in [0.1, 0.15) is 29.9 Å². The first-order valence-electron chi connectivity index (χ1n) is 7.64. The molecule has 0 bridgehead atoms. The summed E-state index contributed by atoms with van der Waals surface area (Å²) >= 11 is 0. The standard InChI is InChI=1S/C15H20F3N3O3/c1-9-12(10(2)24-19-9)8-20(3)13(22)11-4-6-21(7-5-11)14(23)15(16,17)18/h11H,4-8H2,1-3H3. The Balaban J connectivity index is 1.92. The van der Waals surface area contributed by atoms with Crippen molar-refractivity contribution in [2.75, 3.05) is 20.1 Å². The predicted molar refractivity (Wildman–Crippen MR) is 77.8 cm³/mol. The van der Waals surface area contributed by atoms with Crippen LogP contribution in [0.4, 0.5) is 13.2 Å². The molecule has 24 heavy (non-hydrogen) atoms. The number of likely N-dealkylation sites (tertiary alicyclic amines) is 1. The van der Waals surface area contributed by atoms with Crippen molar-refractivity contribution < 1.29 is 27.3 Å². The molecule has 0 aliphatic carbocycles. The number of carbonyl (C=O) groups excluding carboxylic acids is 2. The number of carbonyl (C=O) groups is 2. The van der Waals surface area contributed by atoms with Crippen LogP contribution in [-0.4, -0.2) is 53.1 Å². The summed E-state index contributed by atoms with van der Waals surface area (Å²) < 4.78 is 42.3. The molecule has 6 nitrogen and oxygen atoms in total. The summed E-state index contributed by atoms with van der Waals surface area (Å²) in [6, 6.07) is 0. The van der Waals surface area contributed by atoms with Crippen LogP contribution in [0.25, 0.3) is 0 Å². The van der Waals surface area contributed by atoms with E-state index >= 15 is 0 Å². The maximum Gasteiger partial charge on any atom is 0.471 e. The number of aromatic nitrogens is 1. The molecule has 0 saturated carbocycles. The Labute approximate surface area is 137 Å². The number of halogens is 3. The number of piperidine rings is 1. The molecule has 0 N–H and O–H groups in total. The molecule has 1 aliphatic rings. The summed E-state index contributed by atoms with van der Waals surface area (Å²) in [4.78, 5) is 26.0. The maximum absolute atomic E-state index is 12.5. The lowest BCUT2D eigenvalue weighted by molar-refractivity contribution is -0.187. The largest absolute Gasteiger partial charge is 0.471 e. The zero-order valence-electron chi connectivity index (χ0n) is 13.8.